The Hall–Kier alpha value is -0.930. The second kappa shape index (κ2) is 16.1. The van der Waals surface area contributed by atoms with E-state index < -0.39 is 0 Å². The highest BCUT2D eigenvalue weighted by atomic mass is 127. The molecule has 1 aromatic heterocycles. The number of aromatic nitrogens is 1. The van der Waals surface area contributed by atoms with Gasteiger partial charge >= 0.3 is 0 Å². The number of guanidine groups is 1. The monoisotopic (exact) mass is 491 g/mol. The normalized spacial score (nSPS) is 12.8. The van der Waals surface area contributed by atoms with E-state index in [1.54, 1.807) is 7.11 Å². The number of rotatable bonds is 12. The third-order valence-electron chi connectivity index (χ3n) is 4.38. The Bertz CT molecular complexity index is 498. The van der Waals surface area contributed by atoms with Crippen molar-refractivity contribution in [3.63, 3.8) is 0 Å². The highest BCUT2D eigenvalue weighted by molar-refractivity contribution is 14.0. The Morgan fingerprint density at radius 1 is 1.30 bits per heavy atom. The number of pyridine rings is 1. The number of nitrogens with zero attached hydrogens (tertiary/aromatic N) is 3. The first-order valence-corrected chi connectivity index (χ1v) is 9.68. The predicted molar refractivity (Wildman–Crippen MR) is 125 cm³/mol. The van der Waals surface area contributed by atoms with Crippen LogP contribution in [0, 0.1) is 5.92 Å². The van der Waals surface area contributed by atoms with Crippen LogP contribution in [-0.2, 0) is 4.74 Å². The fourth-order valence-electron chi connectivity index (χ4n) is 2.78. The van der Waals surface area contributed by atoms with E-state index in [1.807, 2.05) is 18.5 Å². The van der Waals surface area contributed by atoms with Crippen LogP contribution in [0.1, 0.15) is 38.7 Å². The minimum absolute atomic E-state index is 0. The van der Waals surface area contributed by atoms with Crippen LogP contribution in [0.4, 0.5) is 0 Å². The zero-order valence-electron chi connectivity index (χ0n) is 17.6. The maximum atomic E-state index is 5.10. The van der Waals surface area contributed by atoms with Crippen LogP contribution in [0.3, 0.4) is 0 Å². The van der Waals surface area contributed by atoms with Gasteiger partial charge in [0, 0.05) is 64.8 Å². The van der Waals surface area contributed by atoms with Crippen molar-refractivity contribution in [3.8, 4) is 0 Å². The Balaban J connectivity index is 0.00000676. The molecule has 1 unspecified atom stereocenters. The molecule has 1 rings (SSSR count). The van der Waals surface area contributed by atoms with Gasteiger partial charge in [-0.05, 0) is 37.9 Å². The van der Waals surface area contributed by atoms with Crippen molar-refractivity contribution in [2.24, 2.45) is 10.9 Å². The van der Waals surface area contributed by atoms with Gasteiger partial charge in [0.2, 0.25) is 0 Å². The first kappa shape index (κ1) is 26.1. The van der Waals surface area contributed by atoms with E-state index in [2.05, 4.69) is 54.4 Å². The molecule has 0 bridgehead atoms. The van der Waals surface area contributed by atoms with E-state index in [-0.39, 0.29) is 24.0 Å². The molecular formula is C20H38IN5O. The molecule has 0 aliphatic rings. The van der Waals surface area contributed by atoms with Crippen molar-refractivity contribution in [2.75, 3.05) is 53.5 Å². The average molecular weight is 491 g/mol. The van der Waals surface area contributed by atoms with E-state index in [0.29, 0.717) is 11.8 Å². The van der Waals surface area contributed by atoms with E-state index in [0.717, 1.165) is 51.7 Å². The van der Waals surface area contributed by atoms with E-state index >= 15 is 0 Å². The van der Waals surface area contributed by atoms with Crippen LogP contribution in [0.15, 0.2) is 29.5 Å². The van der Waals surface area contributed by atoms with Crippen molar-refractivity contribution >= 4 is 29.9 Å². The standard InChI is InChI=1S/C20H37N5O.HI/c1-6-22-20(23-11-13-25(4)12-8-14-26-5)24-16-19(17(2)3)18-9-7-10-21-15-18;/h7,9-10,15,17,19H,6,8,11-14,16H2,1-5H3,(H2,22,23,24);1H. The molecule has 0 aliphatic carbocycles. The quantitative estimate of drug-likeness (QED) is 0.204. The van der Waals surface area contributed by atoms with Crippen LogP contribution < -0.4 is 10.6 Å². The summed E-state index contributed by atoms with van der Waals surface area (Å²) in [5.74, 6) is 1.76. The summed E-state index contributed by atoms with van der Waals surface area (Å²) in [7, 11) is 3.88. The molecule has 0 spiro atoms. The summed E-state index contributed by atoms with van der Waals surface area (Å²) in [6.45, 7) is 11.9. The summed E-state index contributed by atoms with van der Waals surface area (Å²) in [4.78, 5) is 11.4. The minimum atomic E-state index is 0. The van der Waals surface area contributed by atoms with Gasteiger partial charge in [-0.25, -0.2) is 0 Å². The fraction of sp³-hybridized carbons (Fsp3) is 0.700. The van der Waals surface area contributed by atoms with Gasteiger partial charge in [-0.15, -0.1) is 24.0 Å². The number of nitrogens with one attached hydrogen (secondary N) is 2. The fourth-order valence-corrected chi connectivity index (χ4v) is 2.78. The summed E-state index contributed by atoms with van der Waals surface area (Å²) in [5, 5.41) is 6.78. The van der Waals surface area contributed by atoms with Gasteiger partial charge in [-0.3, -0.25) is 9.98 Å². The van der Waals surface area contributed by atoms with Gasteiger partial charge in [0.15, 0.2) is 5.96 Å². The van der Waals surface area contributed by atoms with Crippen LogP contribution in [0.5, 0.6) is 0 Å². The lowest BCUT2D eigenvalue weighted by molar-refractivity contribution is 0.180. The molecule has 1 aromatic rings. The summed E-state index contributed by atoms with van der Waals surface area (Å²) in [5.41, 5.74) is 1.25. The first-order valence-electron chi connectivity index (χ1n) is 9.68. The third-order valence-corrected chi connectivity index (χ3v) is 4.38. The van der Waals surface area contributed by atoms with Gasteiger partial charge in [0.25, 0.3) is 0 Å². The number of halogens is 1. The molecule has 0 aromatic carbocycles. The predicted octanol–water partition coefficient (Wildman–Crippen LogP) is 2.96. The summed E-state index contributed by atoms with van der Waals surface area (Å²) >= 11 is 0. The summed E-state index contributed by atoms with van der Waals surface area (Å²) in [6, 6.07) is 4.14. The molecule has 6 nitrogen and oxygen atoms in total. The SMILES string of the molecule is CCNC(=NCC(c1cccnc1)C(C)C)NCCN(C)CCCOC.I. The molecule has 0 saturated carbocycles. The van der Waals surface area contributed by atoms with Crippen LogP contribution >= 0.6 is 24.0 Å². The lowest BCUT2D eigenvalue weighted by atomic mass is 9.89. The molecule has 27 heavy (non-hydrogen) atoms. The molecule has 2 N–H and O–H groups in total. The molecule has 7 heteroatoms. The summed E-state index contributed by atoms with van der Waals surface area (Å²) in [6.07, 6.45) is 4.83. The molecule has 1 heterocycles. The molecule has 156 valence electrons. The number of hydrogen-bond acceptors (Lipinski definition) is 4. The molecule has 0 saturated heterocycles. The lowest BCUT2D eigenvalue weighted by Gasteiger charge is -2.21. The van der Waals surface area contributed by atoms with Gasteiger partial charge in [0.05, 0.1) is 0 Å². The topological polar surface area (TPSA) is 61.8 Å². The molecule has 0 aliphatic heterocycles. The van der Waals surface area contributed by atoms with E-state index in [1.165, 1.54) is 5.56 Å². The van der Waals surface area contributed by atoms with Gasteiger partial charge in [0.1, 0.15) is 0 Å². The third kappa shape index (κ3) is 11.5. The Labute approximate surface area is 182 Å². The largest absolute Gasteiger partial charge is 0.385 e. The Morgan fingerprint density at radius 2 is 2.07 bits per heavy atom. The van der Waals surface area contributed by atoms with Gasteiger partial charge in [-0.1, -0.05) is 19.9 Å². The van der Waals surface area contributed by atoms with Crippen molar-refractivity contribution in [3.05, 3.63) is 30.1 Å². The highest BCUT2D eigenvalue weighted by Crippen LogP contribution is 2.23. The number of hydrogen-bond donors (Lipinski definition) is 2. The van der Waals surface area contributed by atoms with Crippen molar-refractivity contribution in [1.29, 1.82) is 0 Å². The molecule has 0 fully saturated rings. The second-order valence-electron chi connectivity index (χ2n) is 6.93. The van der Waals surface area contributed by atoms with E-state index in [9.17, 15) is 0 Å². The Morgan fingerprint density at radius 3 is 2.67 bits per heavy atom. The van der Waals surface area contributed by atoms with E-state index in [4.69, 9.17) is 9.73 Å². The molecular weight excluding hydrogens is 453 g/mol. The zero-order chi connectivity index (χ0) is 19.2. The molecule has 0 amide bonds. The molecule has 0 radical (unpaired) electrons. The Kier molecular flexibility index (Phi) is 15.5. The van der Waals surface area contributed by atoms with Crippen LogP contribution in [0.2, 0.25) is 0 Å². The summed E-state index contributed by atoms with van der Waals surface area (Å²) < 4.78 is 5.10. The van der Waals surface area contributed by atoms with Gasteiger partial charge in [-0.2, -0.15) is 0 Å². The number of methoxy groups -OCH3 is 1. The number of ether oxygens (including phenoxy) is 1. The van der Waals surface area contributed by atoms with Gasteiger partial charge < -0.3 is 20.3 Å². The highest BCUT2D eigenvalue weighted by Gasteiger charge is 2.16. The van der Waals surface area contributed by atoms with Crippen molar-refractivity contribution < 1.29 is 4.74 Å². The van der Waals surface area contributed by atoms with Crippen molar-refractivity contribution in [1.82, 2.24) is 20.5 Å². The second-order valence-corrected chi connectivity index (χ2v) is 6.93. The number of aliphatic imine (C=N–C) groups is 1. The first-order chi connectivity index (χ1) is 12.6. The molecule has 1 atom stereocenters. The number of likely N-dealkylation sites (N-methyl/N-ethyl adjacent to an activating group) is 1. The lowest BCUT2D eigenvalue weighted by Crippen LogP contribution is -2.41. The van der Waals surface area contributed by atoms with Crippen LogP contribution in [0.25, 0.3) is 0 Å². The maximum Gasteiger partial charge on any atom is 0.191 e. The maximum absolute atomic E-state index is 5.10. The zero-order valence-corrected chi connectivity index (χ0v) is 19.9. The van der Waals surface area contributed by atoms with Crippen molar-refractivity contribution in [2.45, 2.75) is 33.1 Å². The minimum Gasteiger partial charge on any atom is -0.385 e. The van der Waals surface area contributed by atoms with Crippen LogP contribution in [-0.4, -0.2) is 69.3 Å². The average Bonchev–Trinajstić information content (AvgIpc) is 2.62. The smallest absolute Gasteiger partial charge is 0.191 e.